The Bertz CT molecular complexity index is 1290. The summed E-state index contributed by atoms with van der Waals surface area (Å²) < 4.78 is 1.67. The molecule has 1 amide bonds. The standard InChI is InChI=1S/C24H23BN6O2/c25-18-14-28-31-22(12-20(29-23(18)31)17-7-1-2-9-21(17)32)27-13-16-6-5-11-30(15-16)24(33)19-8-3-4-10-26-19/h1-4,7-10,12,14,16,27,32H,5-6,11,13,15H2. The predicted octanol–water partition coefficient (Wildman–Crippen LogP) is 2.26. The zero-order valence-electron chi connectivity index (χ0n) is 18.1. The first-order valence-electron chi connectivity index (χ1n) is 11.0. The minimum absolute atomic E-state index is 0.0340. The molecule has 1 aliphatic rings. The van der Waals surface area contributed by atoms with E-state index in [1.165, 1.54) is 0 Å². The van der Waals surface area contributed by atoms with Crippen LogP contribution in [0.5, 0.6) is 5.75 Å². The largest absolute Gasteiger partial charge is 0.507 e. The van der Waals surface area contributed by atoms with Crippen molar-refractivity contribution >= 4 is 30.7 Å². The zero-order valence-corrected chi connectivity index (χ0v) is 18.1. The molecule has 0 bridgehead atoms. The molecule has 2 radical (unpaired) electrons. The molecule has 164 valence electrons. The summed E-state index contributed by atoms with van der Waals surface area (Å²) in [5.74, 6) is 1.11. The summed E-state index contributed by atoms with van der Waals surface area (Å²) >= 11 is 0. The Morgan fingerprint density at radius 3 is 2.88 bits per heavy atom. The van der Waals surface area contributed by atoms with Crippen LogP contribution in [0.15, 0.2) is 60.9 Å². The molecule has 1 saturated heterocycles. The summed E-state index contributed by atoms with van der Waals surface area (Å²) in [6, 6.07) is 14.3. The molecule has 3 aromatic heterocycles. The maximum absolute atomic E-state index is 12.8. The first kappa shape index (κ1) is 21.0. The van der Waals surface area contributed by atoms with E-state index in [1.807, 2.05) is 29.2 Å². The van der Waals surface area contributed by atoms with Gasteiger partial charge in [0.15, 0.2) is 5.65 Å². The molecule has 33 heavy (non-hydrogen) atoms. The summed E-state index contributed by atoms with van der Waals surface area (Å²) in [5, 5.41) is 18.1. The van der Waals surface area contributed by atoms with Crippen LogP contribution in [0, 0.1) is 5.92 Å². The molecule has 8 nitrogen and oxygen atoms in total. The number of aromatic hydroxyl groups is 1. The van der Waals surface area contributed by atoms with Gasteiger partial charge in [-0.25, -0.2) is 4.98 Å². The van der Waals surface area contributed by atoms with Crippen LogP contribution < -0.4 is 10.8 Å². The van der Waals surface area contributed by atoms with Gasteiger partial charge in [-0.2, -0.15) is 9.61 Å². The number of likely N-dealkylation sites (tertiary alicyclic amines) is 1. The van der Waals surface area contributed by atoms with Crippen LogP contribution in [0.2, 0.25) is 0 Å². The third-order valence-electron chi connectivity index (χ3n) is 5.94. The van der Waals surface area contributed by atoms with E-state index < -0.39 is 0 Å². The van der Waals surface area contributed by atoms with Crippen molar-refractivity contribution in [3.63, 3.8) is 0 Å². The second-order valence-electron chi connectivity index (χ2n) is 8.23. The van der Waals surface area contributed by atoms with Gasteiger partial charge in [0.05, 0.1) is 5.69 Å². The number of benzene rings is 1. The van der Waals surface area contributed by atoms with Gasteiger partial charge in [0.1, 0.15) is 25.1 Å². The van der Waals surface area contributed by atoms with Crippen molar-refractivity contribution in [1.29, 1.82) is 0 Å². The highest BCUT2D eigenvalue weighted by molar-refractivity contribution is 6.36. The molecule has 1 unspecified atom stereocenters. The van der Waals surface area contributed by atoms with Gasteiger partial charge in [0, 0.05) is 43.7 Å². The summed E-state index contributed by atoms with van der Waals surface area (Å²) in [4.78, 5) is 23.5. The number of carbonyl (C=O) groups excluding carboxylic acids is 1. The fourth-order valence-electron chi connectivity index (χ4n) is 4.25. The fourth-order valence-corrected chi connectivity index (χ4v) is 4.25. The zero-order chi connectivity index (χ0) is 22.8. The monoisotopic (exact) mass is 438 g/mol. The van der Waals surface area contributed by atoms with Crippen molar-refractivity contribution < 1.29 is 9.90 Å². The van der Waals surface area contributed by atoms with Gasteiger partial charge >= 0.3 is 0 Å². The van der Waals surface area contributed by atoms with E-state index in [9.17, 15) is 9.90 Å². The third-order valence-corrected chi connectivity index (χ3v) is 5.94. The first-order valence-corrected chi connectivity index (χ1v) is 11.0. The SMILES string of the molecule is [B]c1cnn2c(NCC3CCCN(C(=O)c4ccccn4)C3)cc(-c3ccccc3O)nc12. The van der Waals surface area contributed by atoms with Crippen LogP contribution >= 0.6 is 0 Å². The minimum Gasteiger partial charge on any atom is -0.507 e. The highest BCUT2D eigenvalue weighted by Crippen LogP contribution is 2.29. The second kappa shape index (κ2) is 8.93. The van der Waals surface area contributed by atoms with E-state index in [1.54, 1.807) is 41.2 Å². The maximum Gasteiger partial charge on any atom is 0.272 e. The quantitative estimate of drug-likeness (QED) is 0.464. The van der Waals surface area contributed by atoms with E-state index in [4.69, 9.17) is 7.85 Å². The van der Waals surface area contributed by atoms with Crippen molar-refractivity contribution in [3.8, 4) is 17.0 Å². The van der Waals surface area contributed by atoms with E-state index in [2.05, 4.69) is 20.4 Å². The molecular weight excluding hydrogens is 415 g/mol. The molecule has 1 fully saturated rings. The number of hydrogen-bond acceptors (Lipinski definition) is 6. The van der Waals surface area contributed by atoms with E-state index in [-0.39, 0.29) is 17.6 Å². The lowest BCUT2D eigenvalue weighted by Crippen LogP contribution is -2.42. The number of nitrogens with one attached hydrogen (secondary N) is 1. The first-order chi connectivity index (χ1) is 16.1. The highest BCUT2D eigenvalue weighted by atomic mass is 16.3. The van der Waals surface area contributed by atoms with Crippen LogP contribution in [0.25, 0.3) is 16.9 Å². The summed E-state index contributed by atoms with van der Waals surface area (Å²) in [6.45, 7) is 2.05. The Balaban J connectivity index is 1.36. The molecule has 0 spiro atoms. The summed E-state index contributed by atoms with van der Waals surface area (Å²) in [7, 11) is 6.09. The number of phenols is 1. The van der Waals surface area contributed by atoms with Gasteiger partial charge in [-0.3, -0.25) is 9.78 Å². The number of amides is 1. The highest BCUT2D eigenvalue weighted by Gasteiger charge is 2.25. The lowest BCUT2D eigenvalue weighted by Gasteiger charge is -2.32. The number of nitrogens with zero attached hydrogens (tertiary/aromatic N) is 5. The Morgan fingerprint density at radius 1 is 1.21 bits per heavy atom. The number of anilines is 1. The number of aromatic nitrogens is 4. The number of carbonyl (C=O) groups is 1. The Kier molecular flexibility index (Phi) is 5.68. The molecule has 1 aliphatic heterocycles. The van der Waals surface area contributed by atoms with Gasteiger partial charge < -0.3 is 15.3 Å². The summed E-state index contributed by atoms with van der Waals surface area (Å²) in [5.41, 5.74) is 2.68. The number of rotatable bonds is 5. The van der Waals surface area contributed by atoms with Crippen molar-refractivity contribution in [1.82, 2.24) is 24.5 Å². The molecule has 2 N–H and O–H groups in total. The molecule has 4 heterocycles. The predicted molar refractivity (Wildman–Crippen MR) is 127 cm³/mol. The normalized spacial score (nSPS) is 16.1. The number of piperidine rings is 1. The van der Waals surface area contributed by atoms with Gasteiger partial charge in [-0.1, -0.05) is 18.2 Å². The molecule has 5 rings (SSSR count). The Labute approximate surface area is 192 Å². The van der Waals surface area contributed by atoms with Crippen molar-refractivity contribution in [2.75, 3.05) is 25.0 Å². The van der Waals surface area contributed by atoms with E-state index >= 15 is 0 Å². The Morgan fingerprint density at radius 2 is 2.06 bits per heavy atom. The minimum atomic E-state index is -0.0340. The van der Waals surface area contributed by atoms with Crippen molar-refractivity contribution in [3.05, 3.63) is 66.6 Å². The van der Waals surface area contributed by atoms with Crippen LogP contribution in [0.1, 0.15) is 23.3 Å². The molecule has 0 saturated carbocycles. The van der Waals surface area contributed by atoms with Gasteiger partial charge in [0.25, 0.3) is 5.91 Å². The van der Waals surface area contributed by atoms with Crippen LogP contribution in [-0.4, -0.2) is 63.0 Å². The summed E-state index contributed by atoms with van der Waals surface area (Å²) in [6.07, 6.45) is 5.16. The van der Waals surface area contributed by atoms with Gasteiger partial charge in [-0.15, -0.1) is 0 Å². The van der Waals surface area contributed by atoms with Gasteiger partial charge in [0.2, 0.25) is 0 Å². The number of phenolic OH excluding ortho intramolecular Hbond substituents is 1. The smallest absolute Gasteiger partial charge is 0.272 e. The van der Waals surface area contributed by atoms with Crippen molar-refractivity contribution in [2.45, 2.75) is 12.8 Å². The van der Waals surface area contributed by atoms with Crippen LogP contribution in [0.4, 0.5) is 5.82 Å². The Hall–Kier alpha value is -3.88. The van der Waals surface area contributed by atoms with E-state index in [0.717, 1.165) is 25.2 Å². The van der Waals surface area contributed by atoms with Gasteiger partial charge in [-0.05, 0) is 48.5 Å². The molecule has 0 aliphatic carbocycles. The van der Waals surface area contributed by atoms with Crippen molar-refractivity contribution in [2.24, 2.45) is 5.92 Å². The topological polar surface area (TPSA) is 95.7 Å². The molecular formula is C24H23BN6O2. The lowest BCUT2D eigenvalue weighted by atomic mass is 9.97. The number of pyridine rings is 1. The molecule has 9 heteroatoms. The third kappa shape index (κ3) is 4.26. The van der Waals surface area contributed by atoms with E-state index in [0.29, 0.717) is 41.2 Å². The average molecular weight is 438 g/mol. The molecule has 1 aromatic carbocycles. The lowest BCUT2D eigenvalue weighted by molar-refractivity contribution is 0.0674. The average Bonchev–Trinajstić information content (AvgIpc) is 3.24. The number of para-hydroxylation sites is 1. The maximum atomic E-state index is 12.8. The van der Waals surface area contributed by atoms with Crippen LogP contribution in [-0.2, 0) is 0 Å². The number of hydrogen-bond donors (Lipinski definition) is 2. The number of fused-ring (bicyclic) bond motifs is 1. The second-order valence-corrected chi connectivity index (χ2v) is 8.23. The fraction of sp³-hybridized carbons (Fsp3) is 0.250. The molecule has 1 atom stereocenters. The van der Waals surface area contributed by atoms with Crippen LogP contribution in [0.3, 0.4) is 0 Å². The molecule has 4 aromatic rings.